The van der Waals surface area contributed by atoms with Crippen LogP contribution in [0.2, 0.25) is 0 Å². The van der Waals surface area contributed by atoms with Crippen molar-refractivity contribution in [3.63, 3.8) is 0 Å². The molecule has 1 heterocycles. The van der Waals surface area contributed by atoms with Gasteiger partial charge in [0.05, 0.1) is 24.5 Å². The van der Waals surface area contributed by atoms with Crippen molar-refractivity contribution < 1.29 is 14.3 Å². The van der Waals surface area contributed by atoms with Crippen LogP contribution in [0.1, 0.15) is 32.6 Å². The highest BCUT2D eigenvalue weighted by molar-refractivity contribution is 5.74. The Hall–Kier alpha value is -1.53. The summed E-state index contributed by atoms with van der Waals surface area (Å²) in [5.41, 5.74) is -0.907. The van der Waals surface area contributed by atoms with Gasteiger partial charge in [-0.2, -0.15) is 0 Å². The largest absolute Gasteiger partial charge is 0.468 e. The minimum atomic E-state index is -0.907. The molecule has 0 fully saturated rings. The molecule has 1 rings (SSSR count). The quantitative estimate of drug-likeness (QED) is 0.803. The monoisotopic (exact) mass is 297 g/mol. The van der Waals surface area contributed by atoms with Gasteiger partial charge in [-0.25, -0.2) is 4.79 Å². The molecule has 0 aliphatic rings. The zero-order chi connectivity index (χ0) is 16.0. The van der Waals surface area contributed by atoms with Gasteiger partial charge in [-0.15, -0.1) is 0 Å². The smallest absolute Gasteiger partial charge is 0.317 e. The molecule has 2 N–H and O–H groups in total. The molecule has 0 aliphatic carbocycles. The fraction of sp³-hybridized carbons (Fsp3) is 0.667. The average molecular weight is 297 g/mol. The van der Waals surface area contributed by atoms with Crippen molar-refractivity contribution in [3.8, 4) is 0 Å². The number of furan rings is 1. The van der Waals surface area contributed by atoms with Crippen molar-refractivity contribution in [3.05, 3.63) is 24.2 Å². The molecule has 0 bridgehead atoms. The average Bonchev–Trinajstić information content (AvgIpc) is 2.88. The second kappa shape index (κ2) is 7.47. The summed E-state index contributed by atoms with van der Waals surface area (Å²) in [5.74, 6) is 0.811. The molecule has 0 aromatic carbocycles. The van der Waals surface area contributed by atoms with E-state index in [1.54, 1.807) is 25.0 Å². The van der Waals surface area contributed by atoms with Crippen LogP contribution in [0.25, 0.3) is 0 Å². The third-order valence-corrected chi connectivity index (χ3v) is 3.19. The Balaban J connectivity index is 2.60. The number of rotatable bonds is 7. The Kier molecular flexibility index (Phi) is 6.23. The number of carbonyl (C=O) groups excluding carboxylic acids is 1. The maximum Gasteiger partial charge on any atom is 0.317 e. The number of likely N-dealkylation sites (N-methyl/N-ethyl adjacent to an activating group) is 2. The molecular weight excluding hydrogens is 270 g/mol. The maximum atomic E-state index is 12.2. The Morgan fingerprint density at radius 3 is 2.57 bits per heavy atom. The number of amides is 2. The number of carbonyl (C=O) groups is 1. The molecule has 120 valence electrons. The van der Waals surface area contributed by atoms with Crippen LogP contribution in [0.5, 0.6) is 0 Å². The van der Waals surface area contributed by atoms with E-state index in [9.17, 15) is 9.90 Å². The number of hydrogen-bond donors (Lipinski definition) is 2. The lowest BCUT2D eigenvalue weighted by Gasteiger charge is -2.29. The van der Waals surface area contributed by atoms with Gasteiger partial charge in [0.2, 0.25) is 0 Å². The molecule has 0 aliphatic heterocycles. The summed E-state index contributed by atoms with van der Waals surface area (Å²) in [4.78, 5) is 15.8. The molecule has 21 heavy (non-hydrogen) atoms. The van der Waals surface area contributed by atoms with E-state index in [1.807, 2.05) is 38.1 Å². The molecule has 0 saturated carbocycles. The van der Waals surface area contributed by atoms with E-state index in [-0.39, 0.29) is 12.1 Å². The summed E-state index contributed by atoms with van der Waals surface area (Å²) in [6.07, 6.45) is 1.63. The highest BCUT2D eigenvalue weighted by Crippen LogP contribution is 2.17. The van der Waals surface area contributed by atoms with E-state index in [2.05, 4.69) is 5.32 Å². The van der Waals surface area contributed by atoms with Crippen molar-refractivity contribution in [2.75, 3.05) is 33.7 Å². The van der Waals surface area contributed by atoms with Gasteiger partial charge in [-0.05, 0) is 47.0 Å². The van der Waals surface area contributed by atoms with E-state index in [0.717, 1.165) is 5.76 Å². The third kappa shape index (κ3) is 5.77. The molecule has 0 saturated heterocycles. The van der Waals surface area contributed by atoms with Crippen molar-refractivity contribution in [1.82, 2.24) is 15.1 Å². The third-order valence-electron chi connectivity index (χ3n) is 3.19. The number of nitrogens with zero attached hydrogens (tertiary/aromatic N) is 2. The van der Waals surface area contributed by atoms with Gasteiger partial charge in [0, 0.05) is 13.1 Å². The van der Waals surface area contributed by atoms with Gasteiger partial charge in [0.25, 0.3) is 0 Å². The van der Waals surface area contributed by atoms with E-state index in [4.69, 9.17) is 4.42 Å². The summed E-state index contributed by atoms with van der Waals surface area (Å²) >= 11 is 0. The summed E-state index contributed by atoms with van der Waals surface area (Å²) in [7, 11) is 3.88. The Morgan fingerprint density at radius 1 is 1.48 bits per heavy atom. The lowest BCUT2D eigenvalue weighted by atomic mass is 10.1. The molecular formula is C15H27N3O3. The summed E-state index contributed by atoms with van der Waals surface area (Å²) in [5, 5.41) is 12.7. The normalized spacial score (nSPS) is 13.3. The minimum absolute atomic E-state index is 0.0233. The van der Waals surface area contributed by atoms with Crippen LogP contribution >= 0.6 is 0 Å². The van der Waals surface area contributed by atoms with Gasteiger partial charge in [0.15, 0.2) is 0 Å². The standard InChI is InChI=1S/C15H27N3O3/c1-6-18(11-15(2,3)20)14(19)16-10-12(17(4)5)13-8-7-9-21-13/h7-9,12,20H,6,10-11H2,1-5H3,(H,16,19). The van der Waals surface area contributed by atoms with Gasteiger partial charge >= 0.3 is 6.03 Å². The lowest BCUT2D eigenvalue weighted by molar-refractivity contribution is 0.0477. The van der Waals surface area contributed by atoms with Crippen LogP contribution in [-0.4, -0.2) is 60.3 Å². The first kappa shape index (κ1) is 17.5. The van der Waals surface area contributed by atoms with E-state index < -0.39 is 5.60 Å². The number of urea groups is 1. The second-order valence-corrected chi connectivity index (χ2v) is 6.01. The predicted molar refractivity (Wildman–Crippen MR) is 82.1 cm³/mol. The topological polar surface area (TPSA) is 69.0 Å². The molecule has 1 aromatic rings. The van der Waals surface area contributed by atoms with Crippen molar-refractivity contribution in [1.29, 1.82) is 0 Å². The molecule has 6 nitrogen and oxygen atoms in total. The van der Waals surface area contributed by atoms with Crippen LogP contribution in [-0.2, 0) is 0 Å². The predicted octanol–water partition coefficient (Wildman–Crippen LogP) is 1.68. The fourth-order valence-corrected chi connectivity index (χ4v) is 2.11. The number of aliphatic hydroxyl groups is 1. The highest BCUT2D eigenvalue weighted by Gasteiger charge is 2.23. The van der Waals surface area contributed by atoms with Crippen LogP contribution in [0.4, 0.5) is 4.79 Å². The van der Waals surface area contributed by atoms with Gasteiger partial charge in [-0.3, -0.25) is 4.90 Å². The molecule has 0 spiro atoms. The lowest BCUT2D eigenvalue weighted by Crippen LogP contribution is -2.48. The zero-order valence-corrected chi connectivity index (χ0v) is 13.6. The SMILES string of the molecule is CCN(CC(C)(C)O)C(=O)NCC(c1ccco1)N(C)C. The molecule has 6 heteroatoms. The van der Waals surface area contributed by atoms with Gasteiger partial charge in [0.1, 0.15) is 5.76 Å². The second-order valence-electron chi connectivity index (χ2n) is 6.01. The van der Waals surface area contributed by atoms with Crippen LogP contribution in [0, 0.1) is 0 Å². The van der Waals surface area contributed by atoms with Crippen molar-refractivity contribution >= 4 is 6.03 Å². The molecule has 1 unspecified atom stereocenters. The first-order valence-corrected chi connectivity index (χ1v) is 7.19. The van der Waals surface area contributed by atoms with Crippen molar-refractivity contribution in [2.24, 2.45) is 0 Å². The maximum absolute atomic E-state index is 12.2. The highest BCUT2D eigenvalue weighted by atomic mass is 16.3. The summed E-state index contributed by atoms with van der Waals surface area (Å²) in [6, 6.07) is 3.52. The van der Waals surface area contributed by atoms with Crippen LogP contribution in [0.3, 0.4) is 0 Å². The van der Waals surface area contributed by atoms with E-state index >= 15 is 0 Å². The molecule has 1 atom stereocenters. The van der Waals surface area contributed by atoms with E-state index in [0.29, 0.717) is 19.6 Å². The number of hydrogen-bond acceptors (Lipinski definition) is 4. The molecule has 1 aromatic heterocycles. The van der Waals surface area contributed by atoms with Crippen LogP contribution < -0.4 is 5.32 Å². The van der Waals surface area contributed by atoms with Crippen molar-refractivity contribution in [2.45, 2.75) is 32.4 Å². The first-order valence-electron chi connectivity index (χ1n) is 7.19. The van der Waals surface area contributed by atoms with Gasteiger partial charge < -0.3 is 19.7 Å². The van der Waals surface area contributed by atoms with Gasteiger partial charge in [-0.1, -0.05) is 0 Å². The summed E-state index contributed by atoms with van der Waals surface area (Å²) in [6.45, 7) is 6.55. The van der Waals surface area contributed by atoms with Crippen LogP contribution in [0.15, 0.2) is 22.8 Å². The number of nitrogens with one attached hydrogen (secondary N) is 1. The molecule has 0 radical (unpaired) electrons. The minimum Gasteiger partial charge on any atom is -0.468 e. The Morgan fingerprint density at radius 2 is 2.14 bits per heavy atom. The summed E-state index contributed by atoms with van der Waals surface area (Å²) < 4.78 is 5.41. The molecule has 2 amide bonds. The zero-order valence-electron chi connectivity index (χ0n) is 13.6. The Bertz CT molecular complexity index is 424. The van der Waals surface area contributed by atoms with E-state index in [1.165, 1.54) is 0 Å². The Labute approximate surface area is 126 Å². The first-order chi connectivity index (χ1) is 9.74. The fourth-order valence-electron chi connectivity index (χ4n) is 2.11.